The number of rotatable bonds is 5. The minimum atomic E-state index is -0.815. The molecule has 0 aliphatic carbocycles. The second kappa shape index (κ2) is 9.74. The van der Waals surface area contributed by atoms with E-state index >= 15 is 0 Å². The van der Waals surface area contributed by atoms with Crippen LogP contribution in [0.3, 0.4) is 0 Å². The average Bonchev–Trinajstić information content (AvgIpc) is 3.15. The average molecular weight is 408 g/mol. The van der Waals surface area contributed by atoms with Gasteiger partial charge in [-0.2, -0.15) is 4.99 Å². The Morgan fingerprint density at radius 2 is 2.00 bits per heavy atom. The summed E-state index contributed by atoms with van der Waals surface area (Å²) in [6, 6.07) is 1.43. The lowest BCUT2D eigenvalue weighted by Gasteiger charge is -2.19. The van der Waals surface area contributed by atoms with E-state index in [0.717, 1.165) is 43.9 Å². The molecule has 10 nitrogen and oxygen atoms in total. The molecule has 0 spiro atoms. The van der Waals surface area contributed by atoms with Gasteiger partial charge in [0.05, 0.1) is 12.8 Å². The van der Waals surface area contributed by atoms with Crippen molar-refractivity contribution in [3.05, 3.63) is 34.0 Å². The second-order valence-corrected chi connectivity index (χ2v) is 6.83. The molecule has 1 saturated heterocycles. The Balaban J connectivity index is 0.00000420. The molecule has 0 unspecified atom stereocenters. The van der Waals surface area contributed by atoms with Gasteiger partial charge < -0.3 is 30.9 Å². The van der Waals surface area contributed by atoms with Crippen molar-refractivity contribution in [3.8, 4) is 5.75 Å². The van der Waals surface area contributed by atoms with Crippen LogP contribution in [0.1, 0.15) is 31.7 Å². The molecule has 1 amide bonds. The molecule has 2 rings (SSSR count). The molecule has 11 heteroatoms. The van der Waals surface area contributed by atoms with Crippen LogP contribution in [0.4, 0.5) is 5.69 Å². The Morgan fingerprint density at radius 3 is 2.61 bits per heavy atom. The third-order valence-electron chi connectivity index (χ3n) is 3.78. The maximum atomic E-state index is 12.4. The number of aliphatic imine (C=N–C) groups is 2. The Bertz CT molecular complexity index is 906. The molecule has 0 atom stereocenters. The van der Waals surface area contributed by atoms with E-state index in [9.17, 15) is 9.59 Å². The number of amides is 1. The first-order valence-corrected chi connectivity index (χ1v) is 9.22. The highest BCUT2D eigenvalue weighted by Gasteiger charge is 2.23. The molecule has 1 aromatic heterocycles. The summed E-state index contributed by atoms with van der Waals surface area (Å²) in [4.78, 5) is 34.2. The number of hydrogen-bond donors (Lipinski definition) is 3. The van der Waals surface area contributed by atoms with E-state index in [4.69, 9.17) is 26.0 Å². The van der Waals surface area contributed by atoms with Gasteiger partial charge in [0, 0.05) is 32.5 Å². The highest BCUT2D eigenvalue weighted by Crippen LogP contribution is 2.29. The monoisotopic (exact) mass is 408 g/mol. The summed E-state index contributed by atoms with van der Waals surface area (Å²) in [7, 11) is 1.37. The molecule has 5 N–H and O–H groups in total. The van der Waals surface area contributed by atoms with E-state index < -0.39 is 11.5 Å². The van der Waals surface area contributed by atoms with E-state index in [-0.39, 0.29) is 23.3 Å². The van der Waals surface area contributed by atoms with Gasteiger partial charge in [-0.1, -0.05) is 0 Å². The number of nitrogens with zero attached hydrogens (tertiary/aromatic N) is 3. The van der Waals surface area contributed by atoms with Crippen LogP contribution >= 0.6 is 11.8 Å². The summed E-state index contributed by atoms with van der Waals surface area (Å²) in [5, 5.41) is 6.87. The Labute approximate surface area is 167 Å². The normalized spacial score (nSPS) is 15.6. The molecule has 2 heterocycles. The summed E-state index contributed by atoms with van der Waals surface area (Å²) in [6.45, 7) is 3.16. The fraction of sp³-hybridized carbons (Fsp3) is 0.353. The molecule has 1 fully saturated rings. The summed E-state index contributed by atoms with van der Waals surface area (Å²) < 4.78 is 10.2. The first-order valence-electron chi connectivity index (χ1n) is 8.40. The molecular weight excluding hydrogens is 384 g/mol. The number of hydrogen-bond acceptors (Lipinski definition) is 8. The topological polar surface area (TPSA) is 160 Å². The number of anilines is 1. The number of ether oxygens (including phenoxy) is 1. The van der Waals surface area contributed by atoms with Crippen molar-refractivity contribution < 1.29 is 15.4 Å². The van der Waals surface area contributed by atoms with Crippen molar-refractivity contribution >= 4 is 39.9 Å². The zero-order valence-electron chi connectivity index (χ0n) is 15.6. The van der Waals surface area contributed by atoms with Gasteiger partial charge >= 0.3 is 11.5 Å². The summed E-state index contributed by atoms with van der Waals surface area (Å²) >= 11 is 0.782. The highest BCUT2D eigenvalue weighted by atomic mass is 32.2. The summed E-state index contributed by atoms with van der Waals surface area (Å²) in [5.74, 6) is -1.01. The third-order valence-corrected chi connectivity index (χ3v) is 4.38. The van der Waals surface area contributed by atoms with Crippen molar-refractivity contribution in [3.63, 3.8) is 0 Å². The number of thioether (sulfide) groups is 1. The van der Waals surface area contributed by atoms with Gasteiger partial charge in [-0.15, -0.1) is 0 Å². The van der Waals surface area contributed by atoms with Gasteiger partial charge in [0.1, 0.15) is 0 Å². The number of nitrogens with two attached hydrogens (primary N) is 2. The van der Waals surface area contributed by atoms with E-state index in [1.54, 1.807) is 6.92 Å². The van der Waals surface area contributed by atoms with Gasteiger partial charge in [-0.25, -0.2) is 9.79 Å². The zero-order valence-corrected chi connectivity index (χ0v) is 16.4. The number of carbonyl (C=O) groups is 1. The third kappa shape index (κ3) is 5.46. The van der Waals surface area contributed by atoms with Gasteiger partial charge in [0.2, 0.25) is 11.5 Å². The number of methoxy groups -OCH3 is 1. The Kier molecular flexibility index (Phi) is 7.38. The van der Waals surface area contributed by atoms with Gasteiger partial charge in [0.25, 0.3) is 0 Å². The molecule has 0 saturated carbocycles. The van der Waals surface area contributed by atoms with Crippen LogP contribution < -0.4 is 26.7 Å². The van der Waals surface area contributed by atoms with Crippen LogP contribution in [0.2, 0.25) is 0 Å². The minimum Gasteiger partial charge on any atom is -0.488 e. The molecule has 0 bridgehead atoms. The summed E-state index contributed by atoms with van der Waals surface area (Å²) in [5.41, 5.74) is 11.7. The van der Waals surface area contributed by atoms with Gasteiger partial charge in [0.15, 0.2) is 10.3 Å². The Hall–Kier alpha value is -3.08. The number of carbonyl (C=O) groups excluding carboxylic acids is 1. The van der Waals surface area contributed by atoms with E-state index in [1.807, 2.05) is 4.90 Å². The molecule has 1 aliphatic heterocycles. The number of allylic oxidation sites excluding steroid dienone is 2. The molecule has 0 radical (unpaired) electrons. The minimum absolute atomic E-state index is 0. The lowest BCUT2D eigenvalue weighted by molar-refractivity contribution is 0.0971. The van der Waals surface area contributed by atoms with E-state index in [2.05, 4.69) is 9.98 Å². The van der Waals surface area contributed by atoms with Crippen molar-refractivity contribution in [2.75, 3.05) is 25.1 Å². The van der Waals surface area contributed by atoms with E-state index in [0.29, 0.717) is 11.4 Å². The predicted octanol–water partition coefficient (Wildman–Crippen LogP) is 1.55. The van der Waals surface area contributed by atoms with Gasteiger partial charge in [-0.3, -0.25) is 4.79 Å². The fourth-order valence-corrected chi connectivity index (χ4v) is 3.13. The van der Waals surface area contributed by atoms with Crippen LogP contribution in [0.15, 0.2) is 37.0 Å². The Morgan fingerprint density at radius 1 is 1.36 bits per heavy atom. The predicted molar refractivity (Wildman–Crippen MR) is 113 cm³/mol. The first kappa shape index (κ1) is 21.2. The van der Waals surface area contributed by atoms with Crippen molar-refractivity contribution in [1.82, 2.24) is 0 Å². The molecule has 152 valence electrons. The van der Waals surface area contributed by atoms with Crippen LogP contribution in [-0.4, -0.2) is 42.7 Å². The number of nitrogens with one attached hydrogen (secondary N) is 1. The quantitative estimate of drug-likeness (QED) is 0.488. The highest BCUT2D eigenvalue weighted by molar-refractivity contribution is 8.26. The lowest BCUT2D eigenvalue weighted by atomic mass is 10.3. The van der Waals surface area contributed by atoms with Crippen LogP contribution in [0.25, 0.3) is 0 Å². The van der Waals surface area contributed by atoms with Crippen molar-refractivity contribution in [1.29, 1.82) is 5.41 Å². The summed E-state index contributed by atoms with van der Waals surface area (Å²) in [6.07, 6.45) is 4.48. The smallest absolute Gasteiger partial charge is 0.381 e. The van der Waals surface area contributed by atoms with Gasteiger partial charge in [-0.05, 0) is 37.6 Å². The largest absolute Gasteiger partial charge is 0.488 e. The van der Waals surface area contributed by atoms with E-state index in [1.165, 1.54) is 19.3 Å². The maximum Gasteiger partial charge on any atom is 0.381 e. The van der Waals surface area contributed by atoms with Crippen LogP contribution in [0, 0.1) is 5.41 Å². The molecule has 28 heavy (non-hydrogen) atoms. The molecular formula is C17H24N6O4S. The fourth-order valence-electron chi connectivity index (χ4n) is 2.60. The van der Waals surface area contributed by atoms with Crippen molar-refractivity contribution in [2.45, 2.75) is 19.8 Å². The standard InChI is InChI=1S/C17H22N6O4S.H2/c1-10(5-6-18)21-16(19)28-17(20)22-14(24)12-9-11(23-7-3-4-8-23)13(26-2)15(25)27-12;/h5-6,9,18H,3-4,7-8H2,1-2H3,(H2,19,21)(H2,20,22,24);1H/b10-5-,18-6?;. The molecule has 1 aliphatic rings. The maximum absolute atomic E-state index is 12.4. The zero-order chi connectivity index (χ0) is 20.7. The van der Waals surface area contributed by atoms with Crippen LogP contribution in [-0.2, 0) is 0 Å². The molecule has 0 aromatic carbocycles. The first-order chi connectivity index (χ1) is 13.3. The van der Waals surface area contributed by atoms with Crippen LogP contribution in [0.5, 0.6) is 5.75 Å². The SMILES string of the molecule is COc1c(N2CCCC2)cc(C(=O)N=C(N)SC(N)=N/C(C)=C\C=N)oc1=O.[HH]. The number of amidine groups is 2. The van der Waals surface area contributed by atoms with Crippen molar-refractivity contribution in [2.24, 2.45) is 21.5 Å². The lowest BCUT2D eigenvalue weighted by Crippen LogP contribution is -2.22. The molecule has 1 aromatic rings. The second-order valence-electron chi connectivity index (χ2n) is 5.79.